The topological polar surface area (TPSA) is 23.8 Å². The Hall–Kier alpha value is -1.55. The second kappa shape index (κ2) is 3.45. The molecule has 0 N–H and O–H groups in total. The van der Waals surface area contributed by atoms with Gasteiger partial charge in [-0.3, -0.25) is 0 Å². The molecule has 0 radical (unpaired) electrons. The maximum Gasteiger partial charge on any atom is 0.0912 e. The highest BCUT2D eigenvalue weighted by molar-refractivity contribution is 5.52. The van der Waals surface area contributed by atoms with Gasteiger partial charge in [-0.2, -0.15) is 5.26 Å². The summed E-state index contributed by atoms with van der Waals surface area (Å²) in [6.45, 7) is 0. The van der Waals surface area contributed by atoms with E-state index in [1.165, 1.54) is 24.5 Å². The van der Waals surface area contributed by atoms with Gasteiger partial charge in [0.25, 0.3) is 0 Å². The molecular formula is C12H11N. The Balaban J connectivity index is 2.14. The van der Waals surface area contributed by atoms with Gasteiger partial charge in [-0.15, -0.1) is 0 Å². The largest absolute Gasteiger partial charge is 0.193 e. The third kappa shape index (κ3) is 1.97. The zero-order valence-corrected chi connectivity index (χ0v) is 7.40. The molecule has 0 saturated heterocycles. The van der Waals surface area contributed by atoms with Crippen LogP contribution in [0.2, 0.25) is 0 Å². The Morgan fingerprint density at radius 1 is 1.23 bits per heavy atom. The molecule has 0 spiro atoms. The molecule has 13 heavy (non-hydrogen) atoms. The fraction of sp³-hybridized carbons (Fsp3) is 0.250. The third-order valence-corrected chi connectivity index (χ3v) is 2.34. The molecule has 1 fully saturated rings. The molecule has 0 atom stereocenters. The predicted molar refractivity (Wildman–Crippen MR) is 53.1 cm³/mol. The van der Waals surface area contributed by atoms with Crippen LogP contribution in [0.1, 0.15) is 29.9 Å². The van der Waals surface area contributed by atoms with Crippen molar-refractivity contribution in [1.82, 2.24) is 0 Å². The summed E-state index contributed by atoms with van der Waals surface area (Å²) in [7, 11) is 0. The summed E-state index contributed by atoms with van der Waals surface area (Å²) >= 11 is 0. The minimum Gasteiger partial charge on any atom is -0.193 e. The van der Waals surface area contributed by atoms with E-state index in [-0.39, 0.29) is 0 Å². The van der Waals surface area contributed by atoms with Crippen molar-refractivity contribution >= 4 is 6.08 Å². The smallest absolute Gasteiger partial charge is 0.0912 e. The van der Waals surface area contributed by atoms with Crippen LogP contribution in [-0.2, 0) is 0 Å². The lowest BCUT2D eigenvalue weighted by Gasteiger charge is -1.97. The van der Waals surface area contributed by atoms with Crippen molar-refractivity contribution < 1.29 is 0 Å². The maximum atomic E-state index is 8.34. The van der Waals surface area contributed by atoms with E-state index in [0.29, 0.717) is 0 Å². The molecule has 0 heterocycles. The van der Waals surface area contributed by atoms with E-state index in [2.05, 4.69) is 24.3 Å². The molecule has 0 amide bonds. The molecule has 1 saturated carbocycles. The van der Waals surface area contributed by atoms with Crippen molar-refractivity contribution in [2.75, 3.05) is 0 Å². The van der Waals surface area contributed by atoms with Crippen molar-refractivity contribution in [2.45, 2.75) is 18.8 Å². The van der Waals surface area contributed by atoms with Crippen LogP contribution in [0, 0.1) is 11.3 Å². The molecule has 1 aliphatic carbocycles. The summed E-state index contributed by atoms with van der Waals surface area (Å²) in [5, 5.41) is 8.34. The molecular weight excluding hydrogens is 158 g/mol. The van der Waals surface area contributed by atoms with Crippen molar-refractivity contribution in [3.63, 3.8) is 0 Å². The molecule has 1 aliphatic rings. The van der Waals surface area contributed by atoms with E-state index in [9.17, 15) is 0 Å². The SMILES string of the molecule is N#CC=Cc1ccc(C2CC2)cc1. The minimum atomic E-state index is 0.814. The van der Waals surface area contributed by atoms with Gasteiger partial charge in [-0.05, 0) is 36.0 Å². The van der Waals surface area contributed by atoms with Crippen molar-refractivity contribution in [3.05, 3.63) is 41.5 Å². The van der Waals surface area contributed by atoms with Crippen LogP contribution in [0.15, 0.2) is 30.3 Å². The fourth-order valence-corrected chi connectivity index (χ4v) is 1.43. The first-order valence-electron chi connectivity index (χ1n) is 4.56. The first-order valence-corrected chi connectivity index (χ1v) is 4.56. The summed E-state index contributed by atoms with van der Waals surface area (Å²) in [5.41, 5.74) is 2.54. The number of hydrogen-bond donors (Lipinski definition) is 0. The Bertz CT molecular complexity index is 350. The number of nitriles is 1. The van der Waals surface area contributed by atoms with Crippen molar-refractivity contribution in [1.29, 1.82) is 5.26 Å². The number of allylic oxidation sites excluding steroid dienone is 1. The summed E-state index contributed by atoms with van der Waals surface area (Å²) < 4.78 is 0. The van der Waals surface area contributed by atoms with E-state index in [4.69, 9.17) is 5.26 Å². The lowest BCUT2D eigenvalue weighted by Crippen LogP contribution is -1.78. The number of hydrogen-bond acceptors (Lipinski definition) is 1. The van der Waals surface area contributed by atoms with Crippen molar-refractivity contribution in [3.8, 4) is 6.07 Å². The minimum absolute atomic E-state index is 0.814. The van der Waals surface area contributed by atoms with Crippen molar-refractivity contribution in [2.24, 2.45) is 0 Å². The number of benzene rings is 1. The Labute approximate surface area is 78.3 Å². The van der Waals surface area contributed by atoms with Gasteiger partial charge in [0.15, 0.2) is 0 Å². The summed E-state index contributed by atoms with van der Waals surface area (Å²) in [4.78, 5) is 0. The molecule has 1 aromatic carbocycles. The van der Waals surface area contributed by atoms with Gasteiger partial charge < -0.3 is 0 Å². The molecule has 1 nitrogen and oxygen atoms in total. The monoisotopic (exact) mass is 169 g/mol. The first kappa shape index (κ1) is 8.07. The summed E-state index contributed by atoms with van der Waals surface area (Å²) in [6, 6.07) is 10.5. The van der Waals surface area contributed by atoms with Gasteiger partial charge >= 0.3 is 0 Å². The molecule has 2 rings (SSSR count). The lowest BCUT2D eigenvalue weighted by atomic mass is 10.1. The van der Waals surface area contributed by atoms with Crippen LogP contribution in [0.3, 0.4) is 0 Å². The van der Waals surface area contributed by atoms with Gasteiger partial charge in [0, 0.05) is 6.08 Å². The Morgan fingerprint density at radius 3 is 2.46 bits per heavy atom. The Morgan fingerprint density at radius 2 is 1.92 bits per heavy atom. The molecule has 0 aliphatic heterocycles. The van der Waals surface area contributed by atoms with Gasteiger partial charge in [0.2, 0.25) is 0 Å². The normalized spacial score (nSPS) is 15.9. The molecule has 1 aromatic rings. The van der Waals surface area contributed by atoms with Gasteiger partial charge in [-0.25, -0.2) is 0 Å². The summed E-state index contributed by atoms with van der Waals surface area (Å²) in [6.07, 6.45) is 6.02. The first-order chi connectivity index (χ1) is 6.40. The highest BCUT2D eigenvalue weighted by atomic mass is 14.3. The summed E-state index contributed by atoms with van der Waals surface area (Å²) in [5.74, 6) is 0.814. The average Bonchev–Trinajstić information content (AvgIpc) is 2.99. The van der Waals surface area contributed by atoms with Gasteiger partial charge in [0.05, 0.1) is 6.07 Å². The van der Waals surface area contributed by atoms with E-state index in [1.54, 1.807) is 0 Å². The van der Waals surface area contributed by atoms with Crippen LogP contribution in [0.4, 0.5) is 0 Å². The maximum absolute atomic E-state index is 8.34. The van der Waals surface area contributed by atoms with Crippen LogP contribution < -0.4 is 0 Å². The van der Waals surface area contributed by atoms with Crippen LogP contribution in [0.5, 0.6) is 0 Å². The lowest BCUT2D eigenvalue weighted by molar-refractivity contribution is 1.13. The van der Waals surface area contributed by atoms with Gasteiger partial charge in [-0.1, -0.05) is 24.3 Å². The van der Waals surface area contributed by atoms with E-state index in [1.807, 2.05) is 12.1 Å². The number of rotatable bonds is 2. The second-order valence-electron chi connectivity index (χ2n) is 3.40. The molecule has 0 unspecified atom stereocenters. The average molecular weight is 169 g/mol. The van der Waals surface area contributed by atoms with Crippen LogP contribution >= 0.6 is 0 Å². The number of nitrogens with zero attached hydrogens (tertiary/aromatic N) is 1. The van der Waals surface area contributed by atoms with E-state index in [0.717, 1.165) is 11.5 Å². The van der Waals surface area contributed by atoms with Gasteiger partial charge in [0.1, 0.15) is 0 Å². The molecule has 1 heteroatoms. The predicted octanol–water partition coefficient (Wildman–Crippen LogP) is 3.10. The highest BCUT2D eigenvalue weighted by Crippen LogP contribution is 2.39. The Kier molecular flexibility index (Phi) is 2.14. The molecule has 0 bridgehead atoms. The molecule has 64 valence electrons. The fourth-order valence-electron chi connectivity index (χ4n) is 1.43. The van der Waals surface area contributed by atoms with E-state index >= 15 is 0 Å². The highest BCUT2D eigenvalue weighted by Gasteiger charge is 2.22. The van der Waals surface area contributed by atoms with Crippen LogP contribution in [-0.4, -0.2) is 0 Å². The zero-order chi connectivity index (χ0) is 9.10. The quantitative estimate of drug-likeness (QED) is 0.624. The third-order valence-electron chi connectivity index (χ3n) is 2.34. The second-order valence-corrected chi connectivity index (χ2v) is 3.40. The molecule has 0 aromatic heterocycles. The van der Waals surface area contributed by atoms with Crippen LogP contribution in [0.25, 0.3) is 6.08 Å². The standard InChI is InChI=1S/C12H11N/c13-9-1-2-10-3-5-11(6-4-10)12-7-8-12/h1-6,12H,7-8H2. The zero-order valence-electron chi connectivity index (χ0n) is 7.40. The van der Waals surface area contributed by atoms with E-state index < -0.39 is 0 Å².